The number of pyridine rings is 2. The van der Waals surface area contributed by atoms with E-state index in [1.165, 1.54) is 12.4 Å². The number of hydrogen-bond acceptors (Lipinski definition) is 6. The van der Waals surface area contributed by atoms with Crippen molar-refractivity contribution in [1.29, 1.82) is 0 Å². The molecule has 0 aliphatic rings. The summed E-state index contributed by atoms with van der Waals surface area (Å²) >= 11 is 0. The number of rotatable bonds is 4. The van der Waals surface area contributed by atoms with Crippen molar-refractivity contribution in [2.75, 3.05) is 10.6 Å². The summed E-state index contributed by atoms with van der Waals surface area (Å²) in [5.74, 6) is -1.59. The number of aromatic nitrogens is 3. The Kier molecular flexibility index (Phi) is 4.15. The van der Waals surface area contributed by atoms with Gasteiger partial charge in [-0.2, -0.15) is 0 Å². The Morgan fingerprint density at radius 2 is 1.96 bits per heavy atom. The third kappa shape index (κ3) is 3.19. The molecule has 0 bridgehead atoms. The molecule has 0 saturated carbocycles. The van der Waals surface area contributed by atoms with Crippen molar-refractivity contribution in [3.8, 4) is 11.4 Å². The molecule has 120 valence electrons. The SMILES string of the molecule is O=C(Nc1cccnc1)Nc1onc(-c2ccccn2)c1C(=O)O. The zero-order valence-electron chi connectivity index (χ0n) is 12.1. The van der Waals surface area contributed by atoms with Crippen LogP contribution in [-0.2, 0) is 0 Å². The molecule has 0 atom stereocenters. The van der Waals surface area contributed by atoms with Crippen molar-refractivity contribution >= 4 is 23.6 Å². The monoisotopic (exact) mass is 325 g/mol. The lowest BCUT2D eigenvalue weighted by molar-refractivity contribution is 0.0698. The van der Waals surface area contributed by atoms with Crippen molar-refractivity contribution in [2.24, 2.45) is 0 Å². The molecule has 9 nitrogen and oxygen atoms in total. The Balaban J connectivity index is 1.85. The molecule has 0 spiro atoms. The van der Waals surface area contributed by atoms with E-state index in [1.807, 2.05) is 0 Å². The molecule has 3 aromatic heterocycles. The highest BCUT2D eigenvalue weighted by atomic mass is 16.5. The summed E-state index contributed by atoms with van der Waals surface area (Å²) < 4.78 is 4.96. The lowest BCUT2D eigenvalue weighted by atomic mass is 10.1. The highest BCUT2D eigenvalue weighted by Crippen LogP contribution is 2.27. The third-order valence-electron chi connectivity index (χ3n) is 2.96. The number of hydrogen-bond donors (Lipinski definition) is 3. The van der Waals surface area contributed by atoms with Gasteiger partial charge in [0.15, 0.2) is 5.56 Å². The molecule has 0 aromatic carbocycles. The molecule has 0 aliphatic carbocycles. The van der Waals surface area contributed by atoms with E-state index in [-0.39, 0.29) is 17.1 Å². The van der Waals surface area contributed by atoms with Gasteiger partial charge < -0.3 is 14.9 Å². The highest BCUT2D eigenvalue weighted by molar-refractivity contribution is 6.05. The zero-order chi connectivity index (χ0) is 16.9. The number of aromatic carboxylic acids is 1. The molecule has 9 heteroatoms. The minimum Gasteiger partial charge on any atom is -0.477 e. The van der Waals surface area contributed by atoms with E-state index in [2.05, 4.69) is 25.8 Å². The van der Waals surface area contributed by atoms with Gasteiger partial charge in [-0.3, -0.25) is 15.3 Å². The molecule has 3 rings (SSSR count). The summed E-state index contributed by atoms with van der Waals surface area (Å²) in [6.07, 6.45) is 4.50. The fourth-order valence-corrected chi connectivity index (χ4v) is 1.95. The molecule has 0 fully saturated rings. The van der Waals surface area contributed by atoms with Crippen molar-refractivity contribution < 1.29 is 19.2 Å². The molecule has 3 N–H and O–H groups in total. The molecule has 3 heterocycles. The minimum absolute atomic E-state index is 0.0276. The Morgan fingerprint density at radius 1 is 1.08 bits per heavy atom. The minimum atomic E-state index is -1.30. The van der Waals surface area contributed by atoms with Crippen molar-refractivity contribution in [1.82, 2.24) is 15.1 Å². The Labute approximate surface area is 135 Å². The second-order valence-corrected chi connectivity index (χ2v) is 4.58. The van der Waals surface area contributed by atoms with E-state index in [9.17, 15) is 14.7 Å². The highest BCUT2D eigenvalue weighted by Gasteiger charge is 2.25. The largest absolute Gasteiger partial charge is 0.477 e. The Bertz CT molecular complexity index is 864. The van der Waals surface area contributed by atoms with Crippen LogP contribution in [0.1, 0.15) is 10.4 Å². The lowest BCUT2D eigenvalue weighted by Crippen LogP contribution is -2.20. The normalized spacial score (nSPS) is 10.2. The van der Waals surface area contributed by atoms with Crippen LogP contribution in [0.25, 0.3) is 11.4 Å². The van der Waals surface area contributed by atoms with E-state index in [0.717, 1.165) is 0 Å². The number of carbonyl (C=O) groups excluding carboxylic acids is 1. The van der Waals surface area contributed by atoms with Crippen molar-refractivity contribution in [3.63, 3.8) is 0 Å². The average Bonchev–Trinajstić information content (AvgIpc) is 3.00. The number of carboxylic acid groups (broad SMARTS) is 1. The predicted molar refractivity (Wildman–Crippen MR) is 83.6 cm³/mol. The van der Waals surface area contributed by atoms with Gasteiger partial charge in [0.05, 0.1) is 17.6 Å². The van der Waals surface area contributed by atoms with Gasteiger partial charge in [-0.05, 0) is 24.3 Å². The van der Waals surface area contributed by atoms with Crippen LogP contribution in [-0.4, -0.2) is 32.2 Å². The lowest BCUT2D eigenvalue weighted by Gasteiger charge is -2.05. The summed E-state index contributed by atoms with van der Waals surface area (Å²) in [7, 11) is 0. The fourth-order valence-electron chi connectivity index (χ4n) is 1.95. The topological polar surface area (TPSA) is 130 Å². The van der Waals surface area contributed by atoms with Crippen LogP contribution >= 0.6 is 0 Å². The van der Waals surface area contributed by atoms with E-state index in [4.69, 9.17) is 4.52 Å². The van der Waals surface area contributed by atoms with Crippen LogP contribution in [0.5, 0.6) is 0 Å². The molecule has 0 saturated heterocycles. The van der Waals surface area contributed by atoms with Gasteiger partial charge in [-0.15, -0.1) is 0 Å². The molecular formula is C15H11N5O4. The zero-order valence-corrected chi connectivity index (χ0v) is 12.1. The van der Waals surface area contributed by atoms with Gasteiger partial charge >= 0.3 is 12.0 Å². The van der Waals surface area contributed by atoms with E-state index in [1.54, 1.807) is 36.5 Å². The predicted octanol–water partition coefficient (Wildman–Crippen LogP) is 2.47. The van der Waals surface area contributed by atoms with Crippen LogP contribution in [0.3, 0.4) is 0 Å². The Morgan fingerprint density at radius 3 is 2.62 bits per heavy atom. The van der Waals surface area contributed by atoms with E-state index >= 15 is 0 Å². The first kappa shape index (κ1) is 15.2. The number of anilines is 2. The number of amides is 2. The number of nitrogens with one attached hydrogen (secondary N) is 2. The second kappa shape index (κ2) is 6.57. The number of carbonyl (C=O) groups is 2. The summed E-state index contributed by atoms with van der Waals surface area (Å²) in [4.78, 5) is 31.3. The van der Waals surface area contributed by atoms with Crippen molar-refractivity contribution in [2.45, 2.75) is 0 Å². The molecule has 0 aliphatic heterocycles. The van der Waals surface area contributed by atoms with Crippen molar-refractivity contribution in [3.05, 3.63) is 54.5 Å². The summed E-state index contributed by atoms with van der Waals surface area (Å²) in [5.41, 5.74) is 0.505. The van der Waals surface area contributed by atoms with E-state index < -0.39 is 12.0 Å². The van der Waals surface area contributed by atoms with Gasteiger partial charge in [0.25, 0.3) is 0 Å². The number of urea groups is 1. The van der Waals surface area contributed by atoms with Crippen LogP contribution < -0.4 is 10.6 Å². The van der Waals surface area contributed by atoms with Gasteiger partial charge in [0, 0.05) is 12.4 Å². The summed E-state index contributed by atoms with van der Waals surface area (Å²) in [6, 6.07) is 7.55. The maximum atomic E-state index is 12.0. The van der Waals surface area contributed by atoms with Gasteiger partial charge in [-0.1, -0.05) is 11.2 Å². The summed E-state index contributed by atoms with van der Waals surface area (Å²) in [5, 5.41) is 17.9. The molecule has 24 heavy (non-hydrogen) atoms. The molecular weight excluding hydrogens is 314 g/mol. The van der Waals surface area contributed by atoms with Crippen LogP contribution in [0, 0.1) is 0 Å². The smallest absolute Gasteiger partial charge is 0.343 e. The number of nitrogens with zero attached hydrogens (tertiary/aromatic N) is 3. The second-order valence-electron chi connectivity index (χ2n) is 4.58. The molecule has 2 amide bonds. The maximum Gasteiger partial charge on any atom is 0.343 e. The Hall–Kier alpha value is -3.75. The first-order chi connectivity index (χ1) is 11.6. The maximum absolute atomic E-state index is 12.0. The molecule has 3 aromatic rings. The van der Waals surface area contributed by atoms with Crippen LogP contribution in [0.4, 0.5) is 16.4 Å². The molecule has 0 radical (unpaired) electrons. The standard InChI is InChI=1S/C15H11N5O4/c21-14(22)11-12(10-5-1-2-7-17-10)20-24-13(11)19-15(23)18-9-4-3-6-16-8-9/h1-8H,(H,21,22)(H2,18,19,23). The van der Waals surface area contributed by atoms with Crippen LogP contribution in [0.2, 0.25) is 0 Å². The first-order valence-electron chi connectivity index (χ1n) is 6.77. The van der Waals surface area contributed by atoms with Gasteiger partial charge in [0.2, 0.25) is 5.88 Å². The quantitative estimate of drug-likeness (QED) is 0.671. The first-order valence-corrected chi connectivity index (χ1v) is 6.77. The average molecular weight is 325 g/mol. The van der Waals surface area contributed by atoms with E-state index in [0.29, 0.717) is 11.4 Å². The number of carboxylic acids is 1. The third-order valence-corrected chi connectivity index (χ3v) is 2.96. The van der Waals surface area contributed by atoms with Gasteiger partial charge in [0.1, 0.15) is 5.69 Å². The molecule has 0 unspecified atom stereocenters. The fraction of sp³-hybridized carbons (Fsp3) is 0. The van der Waals surface area contributed by atoms with Crippen LogP contribution in [0.15, 0.2) is 53.4 Å². The van der Waals surface area contributed by atoms with Gasteiger partial charge in [-0.25, -0.2) is 9.59 Å². The summed E-state index contributed by atoms with van der Waals surface area (Å²) in [6.45, 7) is 0.